The van der Waals surface area contributed by atoms with Crippen LogP contribution < -0.4 is 10.6 Å². The second-order valence-corrected chi connectivity index (χ2v) is 5.86. The van der Waals surface area contributed by atoms with Crippen molar-refractivity contribution >= 4 is 6.03 Å². The molecule has 1 fully saturated rings. The maximum absolute atomic E-state index is 11.8. The maximum Gasteiger partial charge on any atom is 0.315 e. The summed E-state index contributed by atoms with van der Waals surface area (Å²) in [5, 5.41) is 9.83. The Hall–Kier alpha value is -2.37. The Morgan fingerprint density at radius 2 is 1.96 bits per heavy atom. The van der Waals surface area contributed by atoms with Crippen LogP contribution >= 0.6 is 0 Å². The highest BCUT2D eigenvalue weighted by atomic mass is 16.5. The van der Waals surface area contributed by atoms with Gasteiger partial charge in [0.25, 0.3) is 0 Å². The number of amides is 2. The lowest BCUT2D eigenvalue weighted by molar-refractivity contribution is 0.232. The molecule has 6 heteroatoms. The zero-order valence-electron chi connectivity index (χ0n) is 13.1. The van der Waals surface area contributed by atoms with Gasteiger partial charge in [-0.1, -0.05) is 54.8 Å². The molecule has 122 valence electrons. The van der Waals surface area contributed by atoms with Gasteiger partial charge in [-0.15, -0.1) is 0 Å². The summed E-state index contributed by atoms with van der Waals surface area (Å²) in [5.74, 6) is 1.11. The number of carbonyl (C=O) groups is 1. The highest BCUT2D eigenvalue weighted by molar-refractivity contribution is 5.74. The standard InChI is InChI=1S/C17H22N4O2/c22-17(19-14-9-5-2-6-10-14)18-12-11-15-20-16(21-23-15)13-7-3-1-4-8-13/h1,3-4,7-8,14H,2,5-6,9-12H2,(H2,18,19,22). The van der Waals surface area contributed by atoms with Crippen LogP contribution in [0, 0.1) is 0 Å². The Balaban J connectivity index is 1.42. The number of benzene rings is 1. The first-order valence-electron chi connectivity index (χ1n) is 8.23. The summed E-state index contributed by atoms with van der Waals surface area (Å²) in [6, 6.07) is 9.89. The summed E-state index contributed by atoms with van der Waals surface area (Å²) < 4.78 is 5.22. The molecule has 0 saturated heterocycles. The summed E-state index contributed by atoms with van der Waals surface area (Å²) in [6.45, 7) is 0.481. The van der Waals surface area contributed by atoms with E-state index in [9.17, 15) is 4.79 Å². The summed E-state index contributed by atoms with van der Waals surface area (Å²) in [4.78, 5) is 16.2. The third-order valence-electron chi connectivity index (χ3n) is 4.06. The fourth-order valence-electron chi connectivity index (χ4n) is 2.83. The van der Waals surface area contributed by atoms with E-state index in [2.05, 4.69) is 20.8 Å². The predicted molar refractivity (Wildman–Crippen MR) is 86.8 cm³/mol. The van der Waals surface area contributed by atoms with E-state index in [4.69, 9.17) is 4.52 Å². The van der Waals surface area contributed by atoms with Crippen LogP contribution in [0.1, 0.15) is 38.0 Å². The molecule has 23 heavy (non-hydrogen) atoms. The first kappa shape index (κ1) is 15.5. The molecule has 0 unspecified atom stereocenters. The molecule has 1 saturated carbocycles. The largest absolute Gasteiger partial charge is 0.339 e. The van der Waals surface area contributed by atoms with Crippen molar-refractivity contribution in [3.05, 3.63) is 36.2 Å². The third-order valence-corrected chi connectivity index (χ3v) is 4.06. The van der Waals surface area contributed by atoms with Crippen LogP contribution in [0.2, 0.25) is 0 Å². The van der Waals surface area contributed by atoms with E-state index in [0.29, 0.717) is 30.7 Å². The van der Waals surface area contributed by atoms with E-state index >= 15 is 0 Å². The number of rotatable bonds is 5. The normalized spacial score (nSPS) is 15.3. The lowest BCUT2D eigenvalue weighted by Crippen LogP contribution is -2.43. The predicted octanol–water partition coefficient (Wildman–Crippen LogP) is 2.91. The number of nitrogens with zero attached hydrogens (tertiary/aromatic N) is 2. The van der Waals surface area contributed by atoms with Crippen molar-refractivity contribution in [3.63, 3.8) is 0 Å². The molecule has 1 aromatic carbocycles. The zero-order chi connectivity index (χ0) is 15.9. The van der Waals surface area contributed by atoms with E-state index in [1.165, 1.54) is 19.3 Å². The molecule has 1 aliphatic carbocycles. The van der Waals surface area contributed by atoms with E-state index in [1.54, 1.807) is 0 Å². The monoisotopic (exact) mass is 314 g/mol. The molecule has 0 radical (unpaired) electrons. The van der Waals surface area contributed by atoms with Crippen molar-refractivity contribution in [1.29, 1.82) is 0 Å². The van der Waals surface area contributed by atoms with E-state index in [1.807, 2.05) is 30.3 Å². The zero-order valence-corrected chi connectivity index (χ0v) is 13.1. The van der Waals surface area contributed by atoms with Gasteiger partial charge in [-0.25, -0.2) is 4.79 Å². The first-order valence-corrected chi connectivity index (χ1v) is 8.23. The fourth-order valence-corrected chi connectivity index (χ4v) is 2.83. The minimum Gasteiger partial charge on any atom is -0.339 e. The number of carbonyl (C=O) groups excluding carboxylic acids is 1. The van der Waals surface area contributed by atoms with Gasteiger partial charge in [0.2, 0.25) is 11.7 Å². The second-order valence-electron chi connectivity index (χ2n) is 5.86. The quantitative estimate of drug-likeness (QED) is 0.889. The molecule has 2 amide bonds. The van der Waals surface area contributed by atoms with Crippen LogP contribution in [-0.2, 0) is 6.42 Å². The van der Waals surface area contributed by atoms with Gasteiger partial charge in [0, 0.05) is 24.6 Å². The molecule has 0 aliphatic heterocycles. The van der Waals surface area contributed by atoms with Gasteiger partial charge >= 0.3 is 6.03 Å². The number of hydrogen-bond donors (Lipinski definition) is 2. The lowest BCUT2D eigenvalue weighted by atomic mass is 9.96. The molecule has 1 aromatic heterocycles. The van der Waals surface area contributed by atoms with Gasteiger partial charge in [-0.05, 0) is 12.8 Å². The minimum atomic E-state index is -0.111. The molecular weight excluding hydrogens is 292 g/mol. The fraction of sp³-hybridized carbons (Fsp3) is 0.471. The molecule has 0 bridgehead atoms. The van der Waals surface area contributed by atoms with Gasteiger partial charge in [0.05, 0.1) is 0 Å². The van der Waals surface area contributed by atoms with Crippen LogP contribution in [0.5, 0.6) is 0 Å². The van der Waals surface area contributed by atoms with Crippen LogP contribution in [0.15, 0.2) is 34.9 Å². The minimum absolute atomic E-state index is 0.111. The molecule has 2 N–H and O–H groups in total. The van der Waals surface area contributed by atoms with Crippen LogP contribution in [0.25, 0.3) is 11.4 Å². The SMILES string of the molecule is O=C(NCCc1nc(-c2ccccc2)no1)NC1CCCCC1. The average molecular weight is 314 g/mol. The molecule has 0 atom stereocenters. The molecule has 2 aromatic rings. The van der Waals surface area contributed by atoms with Crippen molar-refractivity contribution in [2.75, 3.05) is 6.54 Å². The number of nitrogens with one attached hydrogen (secondary N) is 2. The van der Waals surface area contributed by atoms with Crippen LogP contribution in [0.4, 0.5) is 4.79 Å². The molecule has 1 aliphatic rings. The maximum atomic E-state index is 11.8. The average Bonchev–Trinajstić information content (AvgIpc) is 3.05. The highest BCUT2D eigenvalue weighted by Gasteiger charge is 2.15. The molecular formula is C17H22N4O2. The van der Waals surface area contributed by atoms with Gasteiger partial charge in [-0.2, -0.15) is 4.98 Å². The summed E-state index contributed by atoms with van der Waals surface area (Å²) in [7, 11) is 0. The summed E-state index contributed by atoms with van der Waals surface area (Å²) >= 11 is 0. The third kappa shape index (κ3) is 4.55. The van der Waals surface area contributed by atoms with Gasteiger partial charge < -0.3 is 15.2 Å². The smallest absolute Gasteiger partial charge is 0.315 e. The molecule has 1 heterocycles. The van der Waals surface area contributed by atoms with Crippen LogP contribution in [-0.4, -0.2) is 28.8 Å². The Morgan fingerprint density at radius 1 is 1.17 bits per heavy atom. The van der Waals surface area contributed by atoms with Crippen molar-refractivity contribution < 1.29 is 9.32 Å². The number of aromatic nitrogens is 2. The second kappa shape index (κ2) is 7.76. The van der Waals surface area contributed by atoms with Crippen molar-refractivity contribution in [2.24, 2.45) is 0 Å². The Morgan fingerprint density at radius 3 is 2.74 bits per heavy atom. The van der Waals surface area contributed by atoms with E-state index in [-0.39, 0.29) is 6.03 Å². The summed E-state index contributed by atoms with van der Waals surface area (Å²) in [5.41, 5.74) is 0.922. The topological polar surface area (TPSA) is 80.1 Å². The Kier molecular flexibility index (Phi) is 5.24. The summed E-state index contributed by atoms with van der Waals surface area (Å²) in [6.07, 6.45) is 6.37. The van der Waals surface area contributed by atoms with Crippen LogP contribution in [0.3, 0.4) is 0 Å². The molecule has 3 rings (SSSR count). The van der Waals surface area contributed by atoms with Gasteiger partial charge in [0.15, 0.2) is 0 Å². The lowest BCUT2D eigenvalue weighted by Gasteiger charge is -2.22. The van der Waals surface area contributed by atoms with E-state index in [0.717, 1.165) is 18.4 Å². The van der Waals surface area contributed by atoms with Crippen molar-refractivity contribution in [2.45, 2.75) is 44.6 Å². The Labute approximate surface area is 135 Å². The number of urea groups is 1. The van der Waals surface area contributed by atoms with Crippen molar-refractivity contribution in [1.82, 2.24) is 20.8 Å². The Bertz CT molecular complexity index is 621. The van der Waals surface area contributed by atoms with Crippen molar-refractivity contribution in [3.8, 4) is 11.4 Å². The number of hydrogen-bond acceptors (Lipinski definition) is 4. The molecule has 0 spiro atoms. The van der Waals surface area contributed by atoms with Gasteiger partial charge in [0.1, 0.15) is 0 Å². The first-order chi connectivity index (χ1) is 11.3. The van der Waals surface area contributed by atoms with E-state index < -0.39 is 0 Å². The highest BCUT2D eigenvalue weighted by Crippen LogP contribution is 2.17. The molecule has 6 nitrogen and oxygen atoms in total. The van der Waals surface area contributed by atoms with Gasteiger partial charge in [-0.3, -0.25) is 0 Å².